The number of esters is 1. The summed E-state index contributed by atoms with van der Waals surface area (Å²) < 4.78 is 6.27. The third-order valence-corrected chi connectivity index (χ3v) is 3.85. The second kappa shape index (κ2) is 5.14. The van der Waals surface area contributed by atoms with Gasteiger partial charge >= 0.3 is 5.97 Å². The Morgan fingerprint density at radius 3 is 2.57 bits per heavy atom. The lowest BCUT2D eigenvalue weighted by atomic mass is 10.1. The van der Waals surface area contributed by atoms with E-state index in [1.165, 1.54) is 7.11 Å². The number of ether oxygens (including phenoxy) is 1. The number of halogens is 3. The van der Waals surface area contributed by atoms with Crippen molar-refractivity contribution in [2.24, 2.45) is 0 Å². The van der Waals surface area contributed by atoms with Crippen molar-refractivity contribution in [2.45, 2.75) is 6.42 Å². The molecular formula is C9H7Br2ClO2. The summed E-state index contributed by atoms with van der Waals surface area (Å²) in [5.74, 6) is -0.305. The SMILES string of the molecule is COC(=O)Cc1cc(Br)c(Br)cc1Cl. The smallest absolute Gasteiger partial charge is 0.310 e. The molecule has 0 spiro atoms. The van der Waals surface area contributed by atoms with Crippen LogP contribution in [0.3, 0.4) is 0 Å². The lowest BCUT2D eigenvalue weighted by Crippen LogP contribution is -2.04. The minimum absolute atomic E-state index is 0.182. The Morgan fingerprint density at radius 2 is 2.00 bits per heavy atom. The van der Waals surface area contributed by atoms with Gasteiger partial charge in [0, 0.05) is 14.0 Å². The van der Waals surface area contributed by atoms with E-state index < -0.39 is 0 Å². The molecule has 0 heterocycles. The van der Waals surface area contributed by atoms with Crippen LogP contribution >= 0.6 is 43.5 Å². The lowest BCUT2D eigenvalue weighted by Gasteiger charge is -2.05. The molecule has 0 aliphatic carbocycles. The molecule has 0 aliphatic rings. The predicted octanol–water partition coefficient (Wildman–Crippen LogP) is 3.58. The maximum Gasteiger partial charge on any atom is 0.310 e. The first-order chi connectivity index (χ1) is 6.54. The number of carbonyl (C=O) groups is 1. The molecule has 0 bridgehead atoms. The zero-order valence-corrected chi connectivity index (χ0v) is 11.2. The van der Waals surface area contributed by atoms with Gasteiger partial charge in [0.15, 0.2) is 0 Å². The molecule has 0 fully saturated rings. The molecule has 2 nitrogen and oxygen atoms in total. The molecule has 0 N–H and O–H groups in total. The Bertz CT molecular complexity index is 366. The van der Waals surface area contributed by atoms with Gasteiger partial charge in [-0.3, -0.25) is 4.79 Å². The van der Waals surface area contributed by atoms with Crippen LogP contribution in [0.25, 0.3) is 0 Å². The van der Waals surface area contributed by atoms with Gasteiger partial charge in [-0.05, 0) is 49.6 Å². The zero-order chi connectivity index (χ0) is 10.7. The molecule has 5 heteroatoms. The zero-order valence-electron chi connectivity index (χ0n) is 7.31. The summed E-state index contributed by atoms with van der Waals surface area (Å²) in [6.45, 7) is 0. The van der Waals surface area contributed by atoms with E-state index in [9.17, 15) is 4.79 Å². The van der Waals surface area contributed by atoms with Gasteiger partial charge in [0.05, 0.1) is 13.5 Å². The summed E-state index contributed by atoms with van der Waals surface area (Å²) in [4.78, 5) is 11.0. The first-order valence-electron chi connectivity index (χ1n) is 3.75. The maximum absolute atomic E-state index is 11.0. The van der Waals surface area contributed by atoms with Gasteiger partial charge in [0.1, 0.15) is 0 Å². The van der Waals surface area contributed by atoms with Crippen LogP contribution in [0.5, 0.6) is 0 Å². The van der Waals surface area contributed by atoms with Crippen LogP contribution in [0.2, 0.25) is 5.02 Å². The van der Waals surface area contributed by atoms with Gasteiger partial charge in [0.25, 0.3) is 0 Å². The fourth-order valence-corrected chi connectivity index (χ4v) is 2.02. The molecule has 0 saturated carbocycles. The Balaban J connectivity index is 2.98. The summed E-state index contributed by atoms with van der Waals surface area (Å²) in [5, 5.41) is 0.547. The maximum atomic E-state index is 11.0. The summed E-state index contributed by atoms with van der Waals surface area (Å²) in [6, 6.07) is 3.53. The van der Waals surface area contributed by atoms with Crippen molar-refractivity contribution in [3.63, 3.8) is 0 Å². The minimum atomic E-state index is -0.305. The van der Waals surface area contributed by atoms with Crippen molar-refractivity contribution in [2.75, 3.05) is 7.11 Å². The van der Waals surface area contributed by atoms with E-state index in [0.29, 0.717) is 5.02 Å². The van der Waals surface area contributed by atoms with E-state index >= 15 is 0 Å². The minimum Gasteiger partial charge on any atom is -0.469 e. The standard InChI is InChI=1S/C9H7Br2ClO2/c1-14-9(13)3-5-2-6(10)7(11)4-8(5)12/h2,4H,3H2,1H3. The molecule has 14 heavy (non-hydrogen) atoms. The lowest BCUT2D eigenvalue weighted by molar-refractivity contribution is -0.139. The molecule has 0 unspecified atom stereocenters. The van der Waals surface area contributed by atoms with Gasteiger partial charge in [-0.2, -0.15) is 0 Å². The summed E-state index contributed by atoms with van der Waals surface area (Å²) in [6.07, 6.45) is 0.182. The number of hydrogen-bond donors (Lipinski definition) is 0. The van der Waals surface area contributed by atoms with E-state index in [1.54, 1.807) is 12.1 Å². The number of rotatable bonds is 2. The average Bonchev–Trinajstić information content (AvgIpc) is 2.14. The molecule has 0 atom stereocenters. The van der Waals surface area contributed by atoms with Crippen molar-refractivity contribution >= 4 is 49.4 Å². The Hall–Kier alpha value is -0.0600. The van der Waals surface area contributed by atoms with E-state index in [-0.39, 0.29) is 12.4 Å². The highest BCUT2D eigenvalue weighted by molar-refractivity contribution is 9.13. The molecule has 0 radical (unpaired) electrons. The van der Waals surface area contributed by atoms with Crippen LogP contribution < -0.4 is 0 Å². The molecular weight excluding hydrogens is 335 g/mol. The second-order valence-electron chi connectivity index (χ2n) is 2.61. The van der Waals surface area contributed by atoms with Crippen molar-refractivity contribution < 1.29 is 9.53 Å². The molecule has 0 aliphatic heterocycles. The first kappa shape index (κ1) is 12.0. The summed E-state index contributed by atoms with van der Waals surface area (Å²) >= 11 is 12.6. The highest BCUT2D eigenvalue weighted by atomic mass is 79.9. The number of carbonyl (C=O) groups excluding carboxylic acids is 1. The van der Waals surface area contributed by atoms with Gasteiger partial charge in [-0.25, -0.2) is 0 Å². The van der Waals surface area contributed by atoms with Gasteiger partial charge < -0.3 is 4.74 Å². The van der Waals surface area contributed by atoms with Gasteiger partial charge in [-0.15, -0.1) is 0 Å². The normalized spacial score (nSPS) is 10.0. The fourth-order valence-electron chi connectivity index (χ4n) is 0.927. The molecule has 76 valence electrons. The molecule has 0 aromatic heterocycles. The Labute approximate surface area is 104 Å². The van der Waals surface area contributed by atoms with Crippen molar-refractivity contribution in [1.82, 2.24) is 0 Å². The molecule has 0 saturated heterocycles. The Kier molecular flexibility index (Phi) is 4.41. The van der Waals surface area contributed by atoms with E-state index in [1.807, 2.05) is 0 Å². The molecule has 1 rings (SSSR count). The molecule has 1 aromatic rings. The van der Waals surface area contributed by atoms with Crippen LogP contribution in [0, 0.1) is 0 Å². The quantitative estimate of drug-likeness (QED) is 0.607. The van der Waals surface area contributed by atoms with Crippen molar-refractivity contribution in [3.8, 4) is 0 Å². The van der Waals surface area contributed by atoms with Crippen LogP contribution in [0.4, 0.5) is 0 Å². The van der Waals surface area contributed by atoms with E-state index in [2.05, 4.69) is 36.6 Å². The number of methoxy groups -OCH3 is 1. The van der Waals surface area contributed by atoms with E-state index in [0.717, 1.165) is 14.5 Å². The average molecular weight is 342 g/mol. The largest absolute Gasteiger partial charge is 0.469 e. The van der Waals surface area contributed by atoms with Crippen LogP contribution in [0.15, 0.2) is 21.1 Å². The van der Waals surface area contributed by atoms with Gasteiger partial charge in [-0.1, -0.05) is 11.6 Å². The topological polar surface area (TPSA) is 26.3 Å². The first-order valence-corrected chi connectivity index (χ1v) is 5.71. The highest BCUT2D eigenvalue weighted by Crippen LogP contribution is 2.29. The Morgan fingerprint density at radius 1 is 1.43 bits per heavy atom. The predicted molar refractivity (Wildman–Crippen MR) is 62.6 cm³/mol. The molecule has 1 aromatic carbocycles. The summed E-state index contributed by atoms with van der Waals surface area (Å²) in [5.41, 5.74) is 0.744. The van der Waals surface area contributed by atoms with Crippen LogP contribution in [-0.4, -0.2) is 13.1 Å². The number of hydrogen-bond acceptors (Lipinski definition) is 2. The van der Waals surface area contributed by atoms with Crippen molar-refractivity contribution in [3.05, 3.63) is 31.7 Å². The molecule has 0 amide bonds. The second-order valence-corrected chi connectivity index (χ2v) is 4.73. The third kappa shape index (κ3) is 2.97. The monoisotopic (exact) mass is 340 g/mol. The highest BCUT2D eigenvalue weighted by Gasteiger charge is 2.09. The van der Waals surface area contributed by atoms with Crippen LogP contribution in [0.1, 0.15) is 5.56 Å². The van der Waals surface area contributed by atoms with E-state index in [4.69, 9.17) is 11.6 Å². The van der Waals surface area contributed by atoms with Crippen LogP contribution in [-0.2, 0) is 16.0 Å². The number of benzene rings is 1. The third-order valence-electron chi connectivity index (χ3n) is 1.65. The fraction of sp³-hybridized carbons (Fsp3) is 0.222. The van der Waals surface area contributed by atoms with Crippen molar-refractivity contribution in [1.29, 1.82) is 0 Å². The summed E-state index contributed by atoms with van der Waals surface area (Å²) in [7, 11) is 1.35. The van der Waals surface area contributed by atoms with Gasteiger partial charge in [0.2, 0.25) is 0 Å².